The number of fused-ring (bicyclic) bond motifs is 1. The van der Waals surface area contributed by atoms with Crippen LogP contribution in [0.15, 0.2) is 36.4 Å². The number of piperidine rings is 1. The summed E-state index contributed by atoms with van der Waals surface area (Å²) in [7, 11) is 0. The molecule has 0 saturated carbocycles. The third-order valence-electron chi connectivity index (χ3n) is 5.64. The summed E-state index contributed by atoms with van der Waals surface area (Å²) in [5, 5.41) is 13.4. The van der Waals surface area contributed by atoms with Gasteiger partial charge in [0.25, 0.3) is 11.7 Å². The topological polar surface area (TPSA) is 102 Å². The van der Waals surface area contributed by atoms with Crippen molar-refractivity contribution in [3.05, 3.63) is 47.8 Å². The van der Waals surface area contributed by atoms with E-state index in [1.807, 2.05) is 19.1 Å². The molecule has 12 heteroatoms. The molecular formula is C22H23F3N6O3. The Hall–Kier alpha value is -3.70. The fraction of sp³-hybridized carbons (Fsp3) is 0.409. The summed E-state index contributed by atoms with van der Waals surface area (Å²) in [5.41, 5.74) is 1.66. The lowest BCUT2D eigenvalue weighted by Gasteiger charge is -2.32. The molecule has 34 heavy (non-hydrogen) atoms. The molecule has 1 atom stereocenters. The van der Waals surface area contributed by atoms with E-state index in [0.29, 0.717) is 42.0 Å². The van der Waals surface area contributed by atoms with Crippen molar-refractivity contribution < 1.29 is 27.5 Å². The average molecular weight is 476 g/mol. The number of alkyl halides is 3. The quantitative estimate of drug-likeness (QED) is 0.564. The van der Waals surface area contributed by atoms with Gasteiger partial charge in [-0.2, -0.15) is 17.7 Å². The molecule has 9 nitrogen and oxygen atoms in total. The van der Waals surface area contributed by atoms with Crippen molar-refractivity contribution in [2.75, 3.05) is 23.3 Å². The lowest BCUT2D eigenvalue weighted by molar-refractivity contribution is -0.158. The maximum atomic E-state index is 13.1. The number of ether oxygens (including phenoxy) is 1. The van der Waals surface area contributed by atoms with Crippen LogP contribution in [0.4, 0.5) is 24.7 Å². The molecule has 0 radical (unpaired) electrons. The van der Waals surface area contributed by atoms with E-state index < -0.39 is 35.9 Å². The van der Waals surface area contributed by atoms with E-state index in [2.05, 4.69) is 20.6 Å². The van der Waals surface area contributed by atoms with E-state index in [1.54, 1.807) is 23.1 Å². The van der Waals surface area contributed by atoms with Crippen molar-refractivity contribution in [2.24, 2.45) is 5.92 Å². The number of nitrogens with zero attached hydrogens (tertiary/aromatic N) is 5. The smallest absolute Gasteiger partial charge is 0.452 e. The zero-order chi connectivity index (χ0) is 24.5. The molecule has 1 fully saturated rings. The van der Waals surface area contributed by atoms with E-state index in [9.17, 15) is 22.8 Å². The molecule has 3 aromatic rings. The van der Waals surface area contributed by atoms with Crippen LogP contribution in [0.2, 0.25) is 0 Å². The Kier molecular flexibility index (Phi) is 6.40. The van der Waals surface area contributed by atoms with Crippen molar-refractivity contribution in [3.63, 3.8) is 0 Å². The monoisotopic (exact) mass is 476 g/mol. The third kappa shape index (κ3) is 5.10. The number of amides is 1. The van der Waals surface area contributed by atoms with Crippen molar-refractivity contribution in [3.8, 4) is 0 Å². The Morgan fingerprint density at radius 1 is 1.09 bits per heavy atom. The molecule has 4 rings (SSSR count). The summed E-state index contributed by atoms with van der Waals surface area (Å²) < 4.78 is 45.4. The van der Waals surface area contributed by atoms with Crippen LogP contribution in [-0.4, -0.2) is 50.9 Å². The van der Waals surface area contributed by atoms with Gasteiger partial charge in [0, 0.05) is 18.8 Å². The second-order valence-electron chi connectivity index (χ2n) is 8.18. The van der Waals surface area contributed by atoms with Crippen LogP contribution in [0.1, 0.15) is 31.2 Å². The normalized spacial score (nSPS) is 15.9. The Bertz CT molecular complexity index is 1190. The van der Waals surface area contributed by atoms with Crippen LogP contribution < -0.4 is 10.2 Å². The number of carbonyl (C=O) groups excluding carboxylic acids is 2. The fourth-order valence-electron chi connectivity index (χ4n) is 3.67. The minimum absolute atomic E-state index is 0.00700. The molecule has 1 N–H and O–H groups in total. The van der Waals surface area contributed by atoms with E-state index >= 15 is 0 Å². The average Bonchev–Trinajstić information content (AvgIpc) is 3.24. The Balaban J connectivity index is 1.33. The van der Waals surface area contributed by atoms with Gasteiger partial charge in [0.05, 0.1) is 5.92 Å². The summed E-state index contributed by atoms with van der Waals surface area (Å²) in [6.45, 7) is 4.23. The van der Waals surface area contributed by atoms with Crippen molar-refractivity contribution >= 4 is 29.0 Å². The highest BCUT2D eigenvalue weighted by Crippen LogP contribution is 2.29. The fourth-order valence-corrected chi connectivity index (χ4v) is 3.67. The number of hydrogen-bond donors (Lipinski definition) is 1. The van der Waals surface area contributed by atoms with E-state index in [4.69, 9.17) is 4.74 Å². The minimum Gasteiger partial charge on any atom is -0.452 e. The van der Waals surface area contributed by atoms with E-state index in [-0.39, 0.29) is 5.65 Å². The first kappa shape index (κ1) is 23.5. The molecule has 1 aliphatic rings. The molecule has 0 spiro atoms. The third-order valence-corrected chi connectivity index (χ3v) is 5.64. The van der Waals surface area contributed by atoms with Crippen molar-refractivity contribution in [1.29, 1.82) is 0 Å². The van der Waals surface area contributed by atoms with Gasteiger partial charge < -0.3 is 15.0 Å². The van der Waals surface area contributed by atoms with E-state index in [1.165, 1.54) is 13.0 Å². The van der Waals surface area contributed by atoms with Gasteiger partial charge in [-0.15, -0.1) is 15.3 Å². The molecule has 3 heterocycles. The first-order valence-electron chi connectivity index (χ1n) is 10.7. The summed E-state index contributed by atoms with van der Waals surface area (Å²) in [5.74, 6) is -2.19. The van der Waals surface area contributed by atoms with Crippen LogP contribution in [0.5, 0.6) is 0 Å². The molecule has 1 amide bonds. The molecule has 1 aromatic carbocycles. The SMILES string of the molecule is Cc1ccc(NC(=O)C(C)OC(=O)C2CCN(c3ccc4nnc(C(F)(F)F)n4n3)CC2)cc1. The van der Waals surface area contributed by atoms with Gasteiger partial charge >= 0.3 is 12.1 Å². The molecular weight excluding hydrogens is 453 g/mol. The van der Waals surface area contributed by atoms with Crippen LogP contribution >= 0.6 is 0 Å². The molecule has 1 aliphatic heterocycles. The zero-order valence-corrected chi connectivity index (χ0v) is 18.5. The number of anilines is 2. The van der Waals surface area contributed by atoms with Gasteiger partial charge in [-0.3, -0.25) is 9.59 Å². The van der Waals surface area contributed by atoms with Gasteiger partial charge in [0.15, 0.2) is 11.8 Å². The number of nitrogens with one attached hydrogen (secondary N) is 1. The Morgan fingerprint density at radius 3 is 2.41 bits per heavy atom. The summed E-state index contributed by atoms with van der Waals surface area (Å²) >= 11 is 0. The highest BCUT2D eigenvalue weighted by Gasteiger charge is 2.38. The largest absolute Gasteiger partial charge is 0.453 e. The maximum absolute atomic E-state index is 13.1. The lowest BCUT2D eigenvalue weighted by Crippen LogP contribution is -2.39. The number of halogens is 3. The minimum atomic E-state index is -4.68. The number of rotatable bonds is 5. The second kappa shape index (κ2) is 9.27. The van der Waals surface area contributed by atoms with Crippen molar-refractivity contribution in [1.82, 2.24) is 19.8 Å². The van der Waals surface area contributed by atoms with Gasteiger partial charge in [-0.1, -0.05) is 17.7 Å². The first-order chi connectivity index (χ1) is 16.1. The highest BCUT2D eigenvalue weighted by molar-refractivity contribution is 5.95. The summed E-state index contributed by atoms with van der Waals surface area (Å²) in [6.07, 6.45) is -4.81. The molecule has 1 saturated heterocycles. The molecule has 180 valence electrons. The van der Waals surface area contributed by atoms with E-state index in [0.717, 1.165) is 5.56 Å². The standard InChI is InChI=1S/C22H23F3N6O3/c1-13-3-5-16(6-4-13)26-19(32)14(2)34-20(33)15-9-11-30(12-10-15)18-8-7-17-27-28-21(22(23,24)25)31(17)29-18/h3-8,14-15H,9-12H2,1-2H3,(H,26,32). The molecule has 2 aromatic heterocycles. The molecule has 1 unspecified atom stereocenters. The lowest BCUT2D eigenvalue weighted by atomic mass is 9.97. The predicted octanol–water partition coefficient (Wildman–Crippen LogP) is 3.24. The van der Waals surface area contributed by atoms with Gasteiger partial charge in [0.1, 0.15) is 5.82 Å². The number of hydrogen-bond acceptors (Lipinski definition) is 7. The maximum Gasteiger partial charge on any atom is 0.453 e. The zero-order valence-electron chi connectivity index (χ0n) is 18.5. The van der Waals surface area contributed by atoms with Crippen LogP contribution in [0.3, 0.4) is 0 Å². The van der Waals surface area contributed by atoms with Crippen LogP contribution in [-0.2, 0) is 20.5 Å². The number of aromatic nitrogens is 4. The highest BCUT2D eigenvalue weighted by atomic mass is 19.4. The van der Waals surface area contributed by atoms with Crippen molar-refractivity contribution in [2.45, 2.75) is 39.0 Å². The first-order valence-corrected chi connectivity index (χ1v) is 10.7. The second-order valence-corrected chi connectivity index (χ2v) is 8.18. The molecule has 0 aliphatic carbocycles. The summed E-state index contributed by atoms with van der Waals surface area (Å²) in [6, 6.07) is 10.2. The molecule has 0 bridgehead atoms. The van der Waals surface area contributed by atoms with Crippen LogP contribution in [0.25, 0.3) is 5.65 Å². The Labute approximate surface area is 192 Å². The number of carbonyl (C=O) groups is 2. The Morgan fingerprint density at radius 2 is 1.76 bits per heavy atom. The number of benzene rings is 1. The predicted molar refractivity (Wildman–Crippen MR) is 116 cm³/mol. The van der Waals surface area contributed by atoms with Gasteiger partial charge in [-0.25, -0.2) is 0 Å². The number of esters is 1. The van der Waals surface area contributed by atoms with Crippen LogP contribution in [0, 0.1) is 12.8 Å². The van der Waals surface area contributed by atoms with Gasteiger partial charge in [-0.05, 0) is 51.0 Å². The summed E-state index contributed by atoms with van der Waals surface area (Å²) in [4.78, 5) is 26.7. The number of aryl methyl sites for hydroxylation is 1. The van der Waals surface area contributed by atoms with Gasteiger partial charge in [0.2, 0.25) is 0 Å².